The SMILES string of the molecule is Cc1c(C(=O)N(Cc2ccc([C@H]3C[C@@H]3C)o2)C2CC2)cnn1C. The molecule has 0 bridgehead atoms. The molecule has 2 fully saturated rings. The third-order valence-corrected chi connectivity index (χ3v) is 5.20. The maximum atomic E-state index is 12.9. The Labute approximate surface area is 136 Å². The van der Waals surface area contributed by atoms with Crippen LogP contribution in [0, 0.1) is 12.8 Å². The zero-order valence-electron chi connectivity index (χ0n) is 14.0. The monoisotopic (exact) mass is 313 g/mol. The minimum atomic E-state index is 0.0656. The van der Waals surface area contributed by atoms with Crippen LogP contribution >= 0.6 is 0 Å². The van der Waals surface area contributed by atoms with Crippen molar-refractivity contribution in [1.29, 1.82) is 0 Å². The van der Waals surface area contributed by atoms with Gasteiger partial charge < -0.3 is 9.32 Å². The van der Waals surface area contributed by atoms with Crippen LogP contribution < -0.4 is 0 Å². The number of furan rings is 1. The van der Waals surface area contributed by atoms with E-state index >= 15 is 0 Å². The average Bonchev–Trinajstić information content (AvgIpc) is 3.42. The third kappa shape index (κ3) is 2.69. The Bertz CT molecular complexity index is 741. The van der Waals surface area contributed by atoms with Crippen LogP contribution in [0.1, 0.15) is 59.7 Å². The van der Waals surface area contributed by atoms with Gasteiger partial charge in [-0.05, 0) is 44.2 Å². The molecule has 4 rings (SSSR count). The second kappa shape index (κ2) is 5.25. The number of aryl methyl sites for hydroxylation is 1. The molecule has 2 atom stereocenters. The van der Waals surface area contributed by atoms with Gasteiger partial charge >= 0.3 is 0 Å². The fourth-order valence-electron chi connectivity index (χ4n) is 3.18. The molecule has 0 aliphatic heterocycles. The number of nitrogens with zero attached hydrogens (tertiary/aromatic N) is 3. The molecule has 2 aromatic heterocycles. The Morgan fingerprint density at radius 3 is 2.74 bits per heavy atom. The van der Waals surface area contributed by atoms with Crippen molar-refractivity contribution >= 4 is 5.91 Å². The van der Waals surface area contributed by atoms with E-state index in [-0.39, 0.29) is 5.91 Å². The van der Waals surface area contributed by atoms with E-state index in [2.05, 4.69) is 18.1 Å². The number of aromatic nitrogens is 2. The zero-order chi connectivity index (χ0) is 16.1. The van der Waals surface area contributed by atoms with Gasteiger partial charge in [-0.25, -0.2) is 0 Å². The maximum absolute atomic E-state index is 12.9. The first-order valence-electron chi connectivity index (χ1n) is 8.42. The van der Waals surface area contributed by atoms with E-state index in [0.717, 1.165) is 36.0 Å². The van der Waals surface area contributed by atoms with Crippen molar-refractivity contribution in [3.8, 4) is 0 Å². The van der Waals surface area contributed by atoms with Crippen LogP contribution in [0.2, 0.25) is 0 Å². The zero-order valence-corrected chi connectivity index (χ0v) is 14.0. The van der Waals surface area contributed by atoms with E-state index in [1.165, 1.54) is 6.42 Å². The van der Waals surface area contributed by atoms with Gasteiger partial charge in [0, 0.05) is 24.7 Å². The second-order valence-electron chi connectivity index (χ2n) is 7.06. The van der Waals surface area contributed by atoms with E-state index in [1.54, 1.807) is 10.9 Å². The summed E-state index contributed by atoms with van der Waals surface area (Å²) in [5.41, 5.74) is 1.61. The predicted molar refractivity (Wildman–Crippen MR) is 86.1 cm³/mol. The molecular formula is C18H23N3O2. The van der Waals surface area contributed by atoms with Crippen LogP contribution in [-0.2, 0) is 13.6 Å². The van der Waals surface area contributed by atoms with Gasteiger partial charge in [0.15, 0.2) is 0 Å². The summed E-state index contributed by atoms with van der Waals surface area (Å²) in [7, 11) is 1.86. The van der Waals surface area contributed by atoms with Gasteiger partial charge in [-0.1, -0.05) is 6.92 Å². The highest BCUT2D eigenvalue weighted by atomic mass is 16.3. The Morgan fingerprint density at radius 2 is 2.17 bits per heavy atom. The van der Waals surface area contributed by atoms with Crippen molar-refractivity contribution in [3.05, 3.63) is 41.1 Å². The predicted octanol–water partition coefficient (Wildman–Crippen LogP) is 3.25. The molecule has 0 unspecified atom stereocenters. The molecule has 2 heterocycles. The van der Waals surface area contributed by atoms with Gasteiger partial charge in [0.2, 0.25) is 0 Å². The topological polar surface area (TPSA) is 51.3 Å². The summed E-state index contributed by atoms with van der Waals surface area (Å²) < 4.78 is 7.74. The van der Waals surface area contributed by atoms with E-state index in [0.29, 0.717) is 24.1 Å². The fourth-order valence-corrected chi connectivity index (χ4v) is 3.18. The normalized spacial score (nSPS) is 23.1. The second-order valence-corrected chi connectivity index (χ2v) is 7.06. The molecule has 1 amide bonds. The summed E-state index contributed by atoms with van der Waals surface area (Å²) in [6, 6.07) is 4.45. The Kier molecular flexibility index (Phi) is 3.32. The smallest absolute Gasteiger partial charge is 0.257 e. The molecule has 23 heavy (non-hydrogen) atoms. The van der Waals surface area contributed by atoms with E-state index in [4.69, 9.17) is 4.42 Å². The molecule has 2 saturated carbocycles. The number of rotatable bonds is 5. The summed E-state index contributed by atoms with van der Waals surface area (Å²) in [5.74, 6) is 3.34. The van der Waals surface area contributed by atoms with Crippen LogP contribution in [0.5, 0.6) is 0 Å². The average molecular weight is 313 g/mol. The van der Waals surface area contributed by atoms with Crippen molar-refractivity contribution < 1.29 is 9.21 Å². The highest BCUT2D eigenvalue weighted by Crippen LogP contribution is 2.47. The first kappa shape index (κ1) is 14.5. The summed E-state index contributed by atoms with van der Waals surface area (Å²) in [6.45, 7) is 4.74. The van der Waals surface area contributed by atoms with E-state index in [9.17, 15) is 4.79 Å². The highest BCUT2D eigenvalue weighted by Gasteiger charge is 2.38. The number of hydrogen-bond acceptors (Lipinski definition) is 3. The molecule has 0 spiro atoms. The van der Waals surface area contributed by atoms with Crippen molar-refractivity contribution in [2.24, 2.45) is 13.0 Å². The molecule has 2 aromatic rings. The molecule has 2 aliphatic rings. The van der Waals surface area contributed by atoms with E-state index < -0.39 is 0 Å². The number of amides is 1. The van der Waals surface area contributed by atoms with Crippen molar-refractivity contribution in [2.75, 3.05) is 0 Å². The van der Waals surface area contributed by atoms with E-state index in [1.807, 2.05) is 24.9 Å². The number of carbonyl (C=O) groups is 1. The summed E-state index contributed by atoms with van der Waals surface area (Å²) >= 11 is 0. The van der Waals surface area contributed by atoms with Gasteiger partial charge in [-0.3, -0.25) is 9.48 Å². The Balaban J connectivity index is 1.53. The summed E-state index contributed by atoms with van der Waals surface area (Å²) in [4.78, 5) is 14.8. The van der Waals surface area contributed by atoms with Crippen molar-refractivity contribution in [3.63, 3.8) is 0 Å². The lowest BCUT2D eigenvalue weighted by atomic mass is 10.2. The van der Waals surface area contributed by atoms with Gasteiger partial charge in [0.05, 0.1) is 18.3 Å². The van der Waals surface area contributed by atoms with Gasteiger partial charge in [0.1, 0.15) is 11.5 Å². The largest absolute Gasteiger partial charge is 0.464 e. The fraction of sp³-hybridized carbons (Fsp3) is 0.556. The van der Waals surface area contributed by atoms with Crippen LogP contribution in [0.15, 0.2) is 22.7 Å². The minimum Gasteiger partial charge on any atom is -0.464 e. The molecular weight excluding hydrogens is 290 g/mol. The van der Waals surface area contributed by atoms with Crippen molar-refractivity contribution in [1.82, 2.24) is 14.7 Å². The molecule has 122 valence electrons. The highest BCUT2D eigenvalue weighted by molar-refractivity contribution is 5.95. The third-order valence-electron chi connectivity index (χ3n) is 5.20. The first-order chi connectivity index (χ1) is 11.0. The maximum Gasteiger partial charge on any atom is 0.257 e. The van der Waals surface area contributed by atoms with Crippen LogP contribution in [0.25, 0.3) is 0 Å². The molecule has 2 aliphatic carbocycles. The molecule has 0 aromatic carbocycles. The van der Waals surface area contributed by atoms with Gasteiger partial charge in [-0.2, -0.15) is 5.10 Å². The lowest BCUT2D eigenvalue weighted by Crippen LogP contribution is -2.32. The minimum absolute atomic E-state index is 0.0656. The quantitative estimate of drug-likeness (QED) is 0.851. The van der Waals surface area contributed by atoms with Crippen LogP contribution in [-0.4, -0.2) is 26.6 Å². The molecule has 5 nitrogen and oxygen atoms in total. The summed E-state index contributed by atoms with van der Waals surface area (Å²) in [5, 5.41) is 4.20. The van der Waals surface area contributed by atoms with Gasteiger partial charge in [0.25, 0.3) is 5.91 Å². The molecule has 0 N–H and O–H groups in total. The van der Waals surface area contributed by atoms with Crippen molar-refractivity contribution in [2.45, 2.75) is 51.6 Å². The Morgan fingerprint density at radius 1 is 1.43 bits per heavy atom. The number of carbonyl (C=O) groups excluding carboxylic acids is 1. The standard InChI is InChI=1S/C18H23N3O2/c1-11-8-15(11)17-7-6-14(23-17)10-21(13-4-5-13)18(22)16-9-19-20(3)12(16)2/h6-7,9,11,13,15H,4-5,8,10H2,1-3H3/t11-,15-/m0/s1. The molecule has 5 heteroatoms. The lowest BCUT2D eigenvalue weighted by molar-refractivity contribution is 0.0716. The molecule has 0 saturated heterocycles. The lowest BCUT2D eigenvalue weighted by Gasteiger charge is -2.21. The first-order valence-corrected chi connectivity index (χ1v) is 8.42. The molecule has 0 radical (unpaired) electrons. The van der Waals surface area contributed by atoms with Crippen LogP contribution in [0.4, 0.5) is 0 Å². The van der Waals surface area contributed by atoms with Gasteiger partial charge in [-0.15, -0.1) is 0 Å². The summed E-state index contributed by atoms with van der Waals surface area (Å²) in [6.07, 6.45) is 5.05. The number of hydrogen-bond donors (Lipinski definition) is 0. The Hall–Kier alpha value is -2.04. The van der Waals surface area contributed by atoms with Crippen LogP contribution in [0.3, 0.4) is 0 Å².